The van der Waals surface area contributed by atoms with Crippen LogP contribution in [0.25, 0.3) is 0 Å². The van der Waals surface area contributed by atoms with Gasteiger partial charge in [0.1, 0.15) is 4.88 Å². The van der Waals surface area contributed by atoms with Crippen molar-refractivity contribution in [3.63, 3.8) is 0 Å². The van der Waals surface area contributed by atoms with Gasteiger partial charge in [0.2, 0.25) is 5.91 Å². The smallest absolute Gasteiger partial charge is 0.265 e. The molecule has 2 rings (SSSR count). The summed E-state index contributed by atoms with van der Waals surface area (Å²) in [6.07, 6.45) is -0.728. The number of hydrogen-bond donors (Lipinski definition) is 1. The minimum atomic E-state index is -0.728. The average molecular weight is 303 g/mol. The van der Waals surface area contributed by atoms with Crippen molar-refractivity contribution in [2.45, 2.75) is 13.0 Å². The highest BCUT2D eigenvalue weighted by Crippen LogP contribution is 2.24. The van der Waals surface area contributed by atoms with E-state index in [-0.39, 0.29) is 24.9 Å². The quantitative estimate of drug-likeness (QED) is 0.844. The molecule has 0 bridgehead atoms. The molecule has 1 atom stereocenters. The molecule has 7 heteroatoms. The summed E-state index contributed by atoms with van der Waals surface area (Å²) in [5, 5.41) is 12.1. The summed E-state index contributed by atoms with van der Waals surface area (Å²) in [6.45, 7) is 2.78. The zero-order valence-corrected chi connectivity index (χ0v) is 12.1. The van der Waals surface area contributed by atoms with Gasteiger partial charge < -0.3 is 14.9 Å². The zero-order chi connectivity index (χ0) is 14.0. The van der Waals surface area contributed by atoms with E-state index in [0.717, 1.165) is 0 Å². The second-order valence-corrected chi connectivity index (χ2v) is 5.79. The monoisotopic (exact) mass is 302 g/mol. The predicted octanol–water partition coefficient (Wildman–Crippen LogP) is 1.07. The highest BCUT2D eigenvalue weighted by Gasteiger charge is 2.27. The molecule has 0 spiro atoms. The van der Waals surface area contributed by atoms with Crippen LogP contribution < -0.4 is 0 Å². The maximum absolute atomic E-state index is 12.3. The van der Waals surface area contributed by atoms with E-state index in [2.05, 4.69) is 0 Å². The summed E-state index contributed by atoms with van der Waals surface area (Å²) >= 11 is 7.23. The van der Waals surface area contributed by atoms with E-state index in [1.54, 1.807) is 21.2 Å². The van der Waals surface area contributed by atoms with Gasteiger partial charge in [0.15, 0.2) is 0 Å². The van der Waals surface area contributed by atoms with Crippen LogP contribution in [0.3, 0.4) is 0 Å². The SMILES string of the molecule is CC(=O)N1CCN(C(=O)c2sccc2Cl)CC(O)C1. The number of aliphatic hydroxyl groups excluding tert-OH is 1. The van der Waals surface area contributed by atoms with E-state index >= 15 is 0 Å². The van der Waals surface area contributed by atoms with Gasteiger partial charge in [-0.2, -0.15) is 0 Å². The summed E-state index contributed by atoms with van der Waals surface area (Å²) in [6, 6.07) is 1.68. The fourth-order valence-corrected chi connectivity index (χ4v) is 3.15. The standard InChI is InChI=1S/C12H15ClN2O3S/c1-8(16)14-3-4-15(7-9(17)6-14)12(18)11-10(13)2-5-19-11/h2,5,9,17H,3-4,6-7H2,1H3. The maximum atomic E-state index is 12.3. The number of halogens is 1. The Morgan fingerprint density at radius 3 is 2.58 bits per heavy atom. The molecular weight excluding hydrogens is 288 g/mol. The van der Waals surface area contributed by atoms with Crippen molar-refractivity contribution < 1.29 is 14.7 Å². The largest absolute Gasteiger partial charge is 0.389 e. The highest BCUT2D eigenvalue weighted by atomic mass is 35.5. The van der Waals surface area contributed by atoms with E-state index in [9.17, 15) is 14.7 Å². The van der Waals surface area contributed by atoms with Crippen molar-refractivity contribution in [2.75, 3.05) is 26.2 Å². The third-order valence-electron chi connectivity index (χ3n) is 3.05. The Kier molecular flexibility index (Phi) is 4.44. The first kappa shape index (κ1) is 14.3. The molecule has 0 saturated carbocycles. The molecule has 2 heterocycles. The number of nitrogens with zero attached hydrogens (tertiary/aromatic N) is 2. The van der Waals surface area contributed by atoms with Crippen molar-refractivity contribution in [3.8, 4) is 0 Å². The molecule has 1 unspecified atom stereocenters. The number of carbonyl (C=O) groups is 2. The van der Waals surface area contributed by atoms with Crippen LogP contribution in [-0.4, -0.2) is 59.0 Å². The molecule has 0 radical (unpaired) electrons. The lowest BCUT2D eigenvalue weighted by Gasteiger charge is -2.21. The number of hydrogen-bond acceptors (Lipinski definition) is 4. The van der Waals surface area contributed by atoms with Crippen LogP contribution >= 0.6 is 22.9 Å². The summed E-state index contributed by atoms with van der Waals surface area (Å²) < 4.78 is 0. The zero-order valence-electron chi connectivity index (χ0n) is 10.5. The number of carbonyl (C=O) groups excluding carboxylic acids is 2. The Balaban J connectivity index is 2.11. The van der Waals surface area contributed by atoms with Crippen LogP contribution in [0.2, 0.25) is 5.02 Å². The molecule has 1 aliphatic rings. The summed E-state index contributed by atoms with van der Waals surface area (Å²) in [5.41, 5.74) is 0. The summed E-state index contributed by atoms with van der Waals surface area (Å²) in [5.74, 6) is -0.285. The molecule has 1 saturated heterocycles. The van der Waals surface area contributed by atoms with Crippen molar-refractivity contribution in [3.05, 3.63) is 21.3 Å². The van der Waals surface area contributed by atoms with Crippen molar-refractivity contribution >= 4 is 34.8 Å². The summed E-state index contributed by atoms with van der Waals surface area (Å²) in [4.78, 5) is 27.2. The van der Waals surface area contributed by atoms with Crippen LogP contribution in [0.4, 0.5) is 0 Å². The van der Waals surface area contributed by atoms with E-state index in [1.807, 2.05) is 0 Å². The average Bonchev–Trinajstić information content (AvgIpc) is 2.66. The molecule has 2 amide bonds. The molecule has 1 fully saturated rings. The Morgan fingerprint density at radius 1 is 1.37 bits per heavy atom. The van der Waals surface area contributed by atoms with Crippen molar-refractivity contribution in [1.82, 2.24) is 9.80 Å². The third-order valence-corrected chi connectivity index (χ3v) is 4.38. The minimum Gasteiger partial charge on any atom is -0.389 e. The van der Waals surface area contributed by atoms with Gasteiger partial charge in [0, 0.05) is 33.1 Å². The first-order valence-corrected chi connectivity index (χ1v) is 7.20. The first-order valence-electron chi connectivity index (χ1n) is 5.95. The Hall–Kier alpha value is -1.11. The van der Waals surface area contributed by atoms with Gasteiger partial charge in [0.05, 0.1) is 11.1 Å². The molecule has 1 aromatic heterocycles. The lowest BCUT2D eigenvalue weighted by Crippen LogP contribution is -2.37. The van der Waals surface area contributed by atoms with Gasteiger partial charge in [0.25, 0.3) is 5.91 Å². The normalized spacial score (nSPS) is 20.3. The van der Waals surface area contributed by atoms with Gasteiger partial charge in [-0.15, -0.1) is 11.3 Å². The minimum absolute atomic E-state index is 0.0949. The second-order valence-electron chi connectivity index (χ2n) is 4.47. The van der Waals surface area contributed by atoms with Crippen LogP contribution in [0.5, 0.6) is 0 Å². The van der Waals surface area contributed by atoms with Gasteiger partial charge >= 0.3 is 0 Å². The Morgan fingerprint density at radius 2 is 2.00 bits per heavy atom. The fraction of sp³-hybridized carbons (Fsp3) is 0.500. The second kappa shape index (κ2) is 5.90. The van der Waals surface area contributed by atoms with Crippen LogP contribution in [-0.2, 0) is 4.79 Å². The summed E-state index contributed by atoms with van der Waals surface area (Å²) in [7, 11) is 0. The Labute approximate surface area is 120 Å². The number of aliphatic hydroxyl groups is 1. The molecule has 1 N–H and O–H groups in total. The van der Waals surface area contributed by atoms with Crippen molar-refractivity contribution in [1.29, 1.82) is 0 Å². The van der Waals surface area contributed by atoms with Crippen LogP contribution in [0.1, 0.15) is 16.6 Å². The molecule has 5 nitrogen and oxygen atoms in total. The van der Waals surface area contributed by atoms with E-state index < -0.39 is 6.10 Å². The van der Waals surface area contributed by atoms with E-state index in [4.69, 9.17) is 11.6 Å². The maximum Gasteiger partial charge on any atom is 0.265 e. The predicted molar refractivity (Wildman–Crippen MR) is 73.5 cm³/mol. The number of amides is 2. The van der Waals surface area contributed by atoms with Gasteiger partial charge in [-0.3, -0.25) is 9.59 Å². The first-order chi connectivity index (χ1) is 8.99. The molecule has 1 aliphatic heterocycles. The lowest BCUT2D eigenvalue weighted by molar-refractivity contribution is -0.129. The van der Waals surface area contributed by atoms with Gasteiger partial charge in [-0.25, -0.2) is 0 Å². The van der Waals surface area contributed by atoms with Crippen LogP contribution in [0.15, 0.2) is 11.4 Å². The molecule has 104 valence electrons. The molecule has 0 aromatic carbocycles. The van der Waals surface area contributed by atoms with Gasteiger partial charge in [-0.1, -0.05) is 11.6 Å². The molecular formula is C12H15ClN2O3S. The third kappa shape index (κ3) is 3.26. The number of β-amino-alcohol motifs (C(OH)–C–C–N with tert-alkyl or cyclic N) is 1. The number of rotatable bonds is 1. The molecule has 0 aliphatic carbocycles. The van der Waals surface area contributed by atoms with E-state index in [0.29, 0.717) is 23.0 Å². The van der Waals surface area contributed by atoms with Crippen molar-refractivity contribution in [2.24, 2.45) is 0 Å². The van der Waals surface area contributed by atoms with Crippen LogP contribution in [0, 0.1) is 0 Å². The number of thiophene rings is 1. The molecule has 19 heavy (non-hydrogen) atoms. The highest BCUT2D eigenvalue weighted by molar-refractivity contribution is 7.12. The van der Waals surface area contributed by atoms with Gasteiger partial charge in [-0.05, 0) is 11.4 Å². The lowest BCUT2D eigenvalue weighted by atomic mass is 10.3. The Bertz CT molecular complexity index is 491. The van der Waals surface area contributed by atoms with E-state index in [1.165, 1.54) is 18.3 Å². The topological polar surface area (TPSA) is 60.9 Å². The fourth-order valence-electron chi connectivity index (χ4n) is 2.05. The molecule has 1 aromatic rings.